The highest BCUT2D eigenvalue weighted by atomic mass is 19.1. The molecule has 0 saturated carbocycles. The molecule has 9 heteroatoms. The molecule has 3 aromatic heterocycles. The van der Waals surface area contributed by atoms with Crippen LogP contribution in [0.5, 0.6) is 5.75 Å². The van der Waals surface area contributed by atoms with E-state index in [1.165, 1.54) is 13.0 Å². The Morgan fingerprint density at radius 3 is 2.77 bits per heavy atom. The minimum atomic E-state index is -0.603. The first-order valence-corrected chi connectivity index (χ1v) is 9.34. The van der Waals surface area contributed by atoms with Crippen LogP contribution in [0.2, 0.25) is 0 Å². The van der Waals surface area contributed by atoms with Crippen molar-refractivity contribution in [3.05, 3.63) is 70.0 Å². The largest absolute Gasteiger partial charge is 0.419 e. The number of aryl methyl sites for hydroxylation is 1. The summed E-state index contributed by atoms with van der Waals surface area (Å²) >= 11 is 0. The molecule has 4 aromatic rings. The van der Waals surface area contributed by atoms with E-state index in [4.69, 9.17) is 4.74 Å². The van der Waals surface area contributed by atoms with Gasteiger partial charge in [0.1, 0.15) is 11.5 Å². The maximum atomic E-state index is 14.1. The highest BCUT2D eigenvalue weighted by molar-refractivity contribution is 5.89. The number of rotatable bonds is 5. The lowest BCUT2D eigenvalue weighted by Gasteiger charge is -2.07. The molecule has 3 heterocycles. The van der Waals surface area contributed by atoms with E-state index in [2.05, 4.69) is 20.1 Å². The van der Waals surface area contributed by atoms with Crippen molar-refractivity contribution in [1.82, 2.24) is 24.7 Å². The number of fused-ring (bicyclic) bond motifs is 1. The Hall–Kier alpha value is -3.88. The quantitative estimate of drug-likeness (QED) is 0.511. The lowest BCUT2D eigenvalue weighted by Crippen LogP contribution is -2.19. The lowest BCUT2D eigenvalue weighted by atomic mass is 10.2. The zero-order chi connectivity index (χ0) is 21.3. The third-order valence-electron chi connectivity index (χ3n) is 4.54. The average molecular weight is 407 g/mol. The molecular weight excluding hydrogens is 389 g/mol. The number of aromatic amines is 1. The zero-order valence-electron chi connectivity index (χ0n) is 16.3. The number of carbonyl (C=O) groups excluding carboxylic acids is 1. The number of benzene rings is 1. The van der Waals surface area contributed by atoms with Crippen LogP contribution >= 0.6 is 0 Å². The lowest BCUT2D eigenvalue weighted by molar-refractivity contribution is -0.132. The zero-order valence-corrected chi connectivity index (χ0v) is 16.3. The molecule has 30 heavy (non-hydrogen) atoms. The van der Waals surface area contributed by atoms with Gasteiger partial charge in [-0.15, -0.1) is 0 Å². The summed E-state index contributed by atoms with van der Waals surface area (Å²) in [4.78, 5) is 35.3. The van der Waals surface area contributed by atoms with E-state index in [0.717, 1.165) is 0 Å². The van der Waals surface area contributed by atoms with Gasteiger partial charge in [0.15, 0.2) is 11.5 Å². The third-order valence-corrected chi connectivity index (χ3v) is 4.54. The molecule has 152 valence electrons. The fraction of sp³-hybridized carbons (Fsp3) is 0.190. The summed E-state index contributed by atoms with van der Waals surface area (Å²) in [6, 6.07) is 9.97. The van der Waals surface area contributed by atoms with Gasteiger partial charge in [-0.25, -0.2) is 19.0 Å². The Morgan fingerprint density at radius 2 is 2.03 bits per heavy atom. The van der Waals surface area contributed by atoms with Crippen molar-refractivity contribution in [2.24, 2.45) is 0 Å². The first-order chi connectivity index (χ1) is 14.5. The number of esters is 1. The molecule has 0 saturated heterocycles. The van der Waals surface area contributed by atoms with Crippen molar-refractivity contribution in [3.63, 3.8) is 0 Å². The fourth-order valence-electron chi connectivity index (χ4n) is 3.19. The molecule has 4 rings (SSSR count). The van der Waals surface area contributed by atoms with Crippen molar-refractivity contribution < 1.29 is 13.9 Å². The van der Waals surface area contributed by atoms with Gasteiger partial charge in [-0.3, -0.25) is 9.59 Å². The number of H-pyrrole nitrogens is 1. The number of carbonyl (C=O) groups is 1. The van der Waals surface area contributed by atoms with E-state index in [0.29, 0.717) is 34.4 Å². The van der Waals surface area contributed by atoms with Crippen LogP contribution in [0.25, 0.3) is 22.6 Å². The van der Waals surface area contributed by atoms with Crippen LogP contribution < -0.4 is 10.3 Å². The fourth-order valence-corrected chi connectivity index (χ4v) is 3.19. The van der Waals surface area contributed by atoms with Gasteiger partial charge in [0, 0.05) is 18.7 Å². The molecule has 1 aromatic carbocycles. The molecule has 0 aliphatic rings. The van der Waals surface area contributed by atoms with Crippen LogP contribution in [0.3, 0.4) is 0 Å². The number of pyridine rings is 1. The van der Waals surface area contributed by atoms with Gasteiger partial charge in [-0.2, -0.15) is 5.10 Å². The van der Waals surface area contributed by atoms with Crippen LogP contribution in [0.1, 0.15) is 25.1 Å². The number of hydrogen-bond acceptors (Lipinski definition) is 6. The summed E-state index contributed by atoms with van der Waals surface area (Å²) in [7, 11) is 0. The molecule has 0 atom stereocenters. The average Bonchev–Trinajstić information content (AvgIpc) is 3.09. The Labute approximate surface area is 170 Å². The van der Waals surface area contributed by atoms with Gasteiger partial charge >= 0.3 is 5.97 Å². The topological polar surface area (TPSA) is 103 Å². The summed E-state index contributed by atoms with van der Waals surface area (Å²) in [5, 5.41) is 5.20. The van der Waals surface area contributed by atoms with E-state index in [1.807, 2.05) is 0 Å². The molecule has 0 spiro atoms. The monoisotopic (exact) mass is 407 g/mol. The van der Waals surface area contributed by atoms with Gasteiger partial charge < -0.3 is 9.72 Å². The van der Waals surface area contributed by atoms with Gasteiger partial charge in [0.25, 0.3) is 5.56 Å². The number of nitrogens with zero attached hydrogens (tertiary/aromatic N) is 4. The Kier molecular flexibility index (Phi) is 5.09. The molecule has 0 radical (unpaired) electrons. The number of hydrogen-bond donors (Lipinski definition) is 1. The number of aromatic nitrogens is 5. The third kappa shape index (κ3) is 3.57. The van der Waals surface area contributed by atoms with Crippen LogP contribution in [0.15, 0.2) is 47.4 Å². The van der Waals surface area contributed by atoms with Crippen LogP contribution in [0, 0.1) is 5.82 Å². The summed E-state index contributed by atoms with van der Waals surface area (Å²) < 4.78 is 20.7. The molecule has 8 nitrogen and oxygen atoms in total. The number of nitrogens with one attached hydrogen (secondary N) is 1. The summed E-state index contributed by atoms with van der Waals surface area (Å²) in [5.74, 6) is -0.849. The minimum absolute atomic E-state index is 0.123. The molecule has 0 amide bonds. The molecule has 1 N–H and O–H groups in total. The van der Waals surface area contributed by atoms with Crippen molar-refractivity contribution >= 4 is 17.0 Å². The van der Waals surface area contributed by atoms with Gasteiger partial charge in [-0.05, 0) is 24.6 Å². The van der Waals surface area contributed by atoms with Gasteiger partial charge in [0.05, 0.1) is 17.6 Å². The second-order valence-corrected chi connectivity index (χ2v) is 6.61. The van der Waals surface area contributed by atoms with Crippen LogP contribution in [-0.4, -0.2) is 30.7 Å². The Morgan fingerprint density at radius 1 is 1.23 bits per heavy atom. The van der Waals surface area contributed by atoms with E-state index >= 15 is 0 Å². The number of halogens is 1. The smallest absolute Gasteiger partial charge is 0.308 e. The molecular formula is C21H18FN5O3. The molecule has 0 aliphatic heterocycles. The first kappa shape index (κ1) is 19.4. The van der Waals surface area contributed by atoms with Crippen molar-refractivity contribution in [2.75, 3.05) is 0 Å². The summed E-state index contributed by atoms with van der Waals surface area (Å²) in [6.45, 7) is 3.18. The Balaban J connectivity index is 1.86. The molecule has 0 fully saturated rings. The predicted molar refractivity (Wildman–Crippen MR) is 108 cm³/mol. The minimum Gasteiger partial charge on any atom is -0.419 e. The maximum absolute atomic E-state index is 14.1. The van der Waals surface area contributed by atoms with E-state index in [1.54, 1.807) is 48.1 Å². The van der Waals surface area contributed by atoms with E-state index in [-0.39, 0.29) is 23.9 Å². The van der Waals surface area contributed by atoms with Gasteiger partial charge in [0.2, 0.25) is 5.75 Å². The standard InChI is InChI=1S/C21H18FN5O3/c1-3-16-18(30-12(2)28)21(29)25-19(24-16)17-14-8-6-10-23-20(14)27(26-17)11-13-7-4-5-9-15(13)22/h4-10H,3,11H2,1-2H3,(H,24,25,29). The normalized spacial score (nSPS) is 11.0. The van der Waals surface area contributed by atoms with Crippen molar-refractivity contribution in [1.29, 1.82) is 0 Å². The highest BCUT2D eigenvalue weighted by Gasteiger charge is 2.20. The van der Waals surface area contributed by atoms with E-state index < -0.39 is 11.5 Å². The molecule has 0 aliphatic carbocycles. The number of ether oxygens (including phenoxy) is 1. The van der Waals surface area contributed by atoms with E-state index in [9.17, 15) is 14.0 Å². The predicted octanol–water partition coefficient (Wildman–Crippen LogP) is 2.86. The van der Waals surface area contributed by atoms with Crippen molar-refractivity contribution in [3.8, 4) is 17.3 Å². The van der Waals surface area contributed by atoms with Crippen molar-refractivity contribution in [2.45, 2.75) is 26.8 Å². The molecule has 0 unspecified atom stereocenters. The first-order valence-electron chi connectivity index (χ1n) is 9.34. The summed E-state index contributed by atoms with van der Waals surface area (Å²) in [6.07, 6.45) is 1.99. The highest BCUT2D eigenvalue weighted by Crippen LogP contribution is 2.26. The van der Waals surface area contributed by atoms with Crippen LogP contribution in [0.4, 0.5) is 4.39 Å². The Bertz CT molecular complexity index is 1310. The second kappa shape index (κ2) is 7.86. The maximum Gasteiger partial charge on any atom is 0.308 e. The van der Waals surface area contributed by atoms with Gasteiger partial charge in [-0.1, -0.05) is 25.1 Å². The summed E-state index contributed by atoms with van der Waals surface area (Å²) in [5.41, 5.74) is 1.15. The van der Waals surface area contributed by atoms with Crippen LogP contribution in [-0.2, 0) is 17.8 Å². The molecule has 0 bridgehead atoms. The SMILES string of the molecule is CCc1nc(-c2nn(Cc3ccccc3F)c3ncccc23)[nH]c(=O)c1OC(C)=O. The second-order valence-electron chi connectivity index (χ2n) is 6.61.